The molecule has 4 heteroatoms. The van der Waals surface area contributed by atoms with Crippen molar-refractivity contribution in [3.05, 3.63) is 22.2 Å². The van der Waals surface area contributed by atoms with Gasteiger partial charge in [-0.1, -0.05) is 35.7 Å². The van der Waals surface area contributed by atoms with E-state index < -0.39 is 0 Å². The Balaban J connectivity index is 1.79. The minimum atomic E-state index is 0.741. The zero-order chi connectivity index (χ0) is 14.9. The predicted molar refractivity (Wildman–Crippen MR) is 90.5 cm³/mol. The van der Waals surface area contributed by atoms with Crippen molar-refractivity contribution < 1.29 is 9.47 Å². The Morgan fingerprint density at radius 3 is 2.52 bits per heavy atom. The first kappa shape index (κ1) is 16.6. The van der Waals surface area contributed by atoms with Crippen LogP contribution in [0, 0.1) is 0 Å². The molecule has 1 heterocycles. The van der Waals surface area contributed by atoms with E-state index >= 15 is 0 Å². The summed E-state index contributed by atoms with van der Waals surface area (Å²) in [6, 6.07) is 4.20. The molecule has 1 aliphatic heterocycles. The quantitative estimate of drug-likeness (QED) is 0.704. The smallest absolute Gasteiger partial charge is 0.162 e. The number of rotatable bonds is 8. The first-order chi connectivity index (χ1) is 10.3. The van der Waals surface area contributed by atoms with E-state index in [9.17, 15) is 0 Å². The van der Waals surface area contributed by atoms with Crippen molar-refractivity contribution in [3.8, 4) is 11.5 Å². The molecule has 1 aliphatic rings. The molecular formula is C17H26BrNO2. The van der Waals surface area contributed by atoms with E-state index in [0.717, 1.165) is 55.1 Å². The van der Waals surface area contributed by atoms with Crippen molar-refractivity contribution >= 4 is 15.9 Å². The highest BCUT2D eigenvalue weighted by Crippen LogP contribution is 2.35. The minimum Gasteiger partial charge on any atom is -0.490 e. The molecule has 0 bridgehead atoms. The van der Waals surface area contributed by atoms with Crippen LogP contribution in [0.3, 0.4) is 0 Å². The Morgan fingerprint density at radius 2 is 1.76 bits per heavy atom. The van der Waals surface area contributed by atoms with Gasteiger partial charge in [-0.3, -0.25) is 0 Å². The summed E-state index contributed by atoms with van der Waals surface area (Å²) in [5, 5.41) is 3.37. The maximum absolute atomic E-state index is 5.76. The molecule has 0 fully saturated rings. The SMILES string of the molecule is CCNCCCCCCc1cc2c(cc1Br)OCCCO2. The minimum absolute atomic E-state index is 0.741. The summed E-state index contributed by atoms with van der Waals surface area (Å²) in [7, 11) is 0. The molecule has 0 aromatic heterocycles. The number of aryl methyl sites for hydroxylation is 1. The van der Waals surface area contributed by atoms with E-state index in [1.54, 1.807) is 0 Å². The van der Waals surface area contributed by atoms with Crippen molar-refractivity contribution in [2.45, 2.75) is 45.4 Å². The van der Waals surface area contributed by atoms with Crippen LogP contribution in [0.15, 0.2) is 16.6 Å². The summed E-state index contributed by atoms with van der Waals surface area (Å²) >= 11 is 3.66. The largest absolute Gasteiger partial charge is 0.490 e. The zero-order valence-electron chi connectivity index (χ0n) is 12.9. The molecule has 0 atom stereocenters. The van der Waals surface area contributed by atoms with E-state index in [-0.39, 0.29) is 0 Å². The number of hydrogen-bond donors (Lipinski definition) is 1. The Bertz CT molecular complexity index is 437. The third kappa shape index (κ3) is 5.51. The summed E-state index contributed by atoms with van der Waals surface area (Å²) in [5.41, 5.74) is 1.32. The molecule has 1 N–H and O–H groups in total. The number of hydrogen-bond acceptors (Lipinski definition) is 3. The number of unbranched alkanes of at least 4 members (excludes halogenated alkanes) is 3. The molecule has 0 radical (unpaired) electrons. The van der Waals surface area contributed by atoms with Gasteiger partial charge in [-0.2, -0.15) is 0 Å². The zero-order valence-corrected chi connectivity index (χ0v) is 14.5. The molecule has 1 aromatic rings. The van der Waals surface area contributed by atoms with Crippen molar-refractivity contribution in [1.29, 1.82) is 0 Å². The van der Waals surface area contributed by atoms with Gasteiger partial charge in [-0.05, 0) is 50.0 Å². The van der Waals surface area contributed by atoms with Crippen LogP contribution in [0.4, 0.5) is 0 Å². The maximum Gasteiger partial charge on any atom is 0.162 e. The van der Waals surface area contributed by atoms with Crippen molar-refractivity contribution in [1.82, 2.24) is 5.32 Å². The lowest BCUT2D eigenvalue weighted by Crippen LogP contribution is -2.13. The van der Waals surface area contributed by atoms with E-state index in [2.05, 4.69) is 40.3 Å². The number of nitrogens with one attached hydrogen (secondary N) is 1. The van der Waals surface area contributed by atoms with Gasteiger partial charge >= 0.3 is 0 Å². The Morgan fingerprint density at radius 1 is 1.05 bits per heavy atom. The average Bonchev–Trinajstić information content (AvgIpc) is 2.71. The molecule has 2 rings (SSSR count). The van der Waals surface area contributed by atoms with Crippen LogP contribution in [-0.4, -0.2) is 26.3 Å². The third-order valence-corrected chi connectivity index (χ3v) is 4.45. The molecule has 3 nitrogen and oxygen atoms in total. The Labute approximate surface area is 136 Å². The van der Waals surface area contributed by atoms with Gasteiger partial charge in [0.1, 0.15) is 0 Å². The van der Waals surface area contributed by atoms with Crippen LogP contribution in [-0.2, 0) is 6.42 Å². The van der Waals surface area contributed by atoms with Crippen LogP contribution < -0.4 is 14.8 Å². The summed E-state index contributed by atoms with van der Waals surface area (Å²) < 4.78 is 12.6. The normalized spacial score (nSPS) is 14.0. The van der Waals surface area contributed by atoms with Gasteiger partial charge in [0.15, 0.2) is 11.5 Å². The molecule has 118 valence electrons. The van der Waals surface area contributed by atoms with Crippen LogP contribution in [0.5, 0.6) is 11.5 Å². The predicted octanol–water partition coefficient (Wildman–Crippen LogP) is 4.32. The second kappa shape index (κ2) is 9.31. The fraction of sp³-hybridized carbons (Fsp3) is 0.647. The summed E-state index contributed by atoms with van der Waals surface area (Å²) in [6.07, 6.45) is 7.13. The van der Waals surface area contributed by atoms with E-state index in [1.165, 1.54) is 31.2 Å². The molecule has 1 aromatic carbocycles. The van der Waals surface area contributed by atoms with Crippen molar-refractivity contribution in [2.75, 3.05) is 26.3 Å². The first-order valence-electron chi connectivity index (χ1n) is 8.10. The summed E-state index contributed by atoms with van der Waals surface area (Å²) in [6.45, 7) is 5.86. The lowest BCUT2D eigenvalue weighted by Gasteiger charge is -2.11. The Hall–Kier alpha value is -0.740. The second-order valence-electron chi connectivity index (χ2n) is 5.46. The highest BCUT2D eigenvalue weighted by Gasteiger charge is 2.13. The number of halogens is 1. The van der Waals surface area contributed by atoms with Gasteiger partial charge in [0.2, 0.25) is 0 Å². The molecule has 21 heavy (non-hydrogen) atoms. The van der Waals surface area contributed by atoms with Gasteiger partial charge in [-0.25, -0.2) is 0 Å². The molecule has 0 saturated carbocycles. The number of ether oxygens (including phenoxy) is 2. The highest BCUT2D eigenvalue weighted by molar-refractivity contribution is 9.10. The average molecular weight is 356 g/mol. The Kier molecular flexibility index (Phi) is 7.37. The van der Waals surface area contributed by atoms with Gasteiger partial charge in [-0.15, -0.1) is 0 Å². The number of benzene rings is 1. The monoisotopic (exact) mass is 355 g/mol. The first-order valence-corrected chi connectivity index (χ1v) is 8.89. The molecule has 0 saturated heterocycles. The van der Waals surface area contributed by atoms with Crippen molar-refractivity contribution in [3.63, 3.8) is 0 Å². The van der Waals surface area contributed by atoms with Gasteiger partial charge in [0.25, 0.3) is 0 Å². The van der Waals surface area contributed by atoms with Gasteiger partial charge in [0, 0.05) is 10.9 Å². The lowest BCUT2D eigenvalue weighted by atomic mass is 10.1. The van der Waals surface area contributed by atoms with Crippen LogP contribution >= 0.6 is 15.9 Å². The van der Waals surface area contributed by atoms with E-state index in [4.69, 9.17) is 9.47 Å². The standard InChI is InChI=1S/C17H26BrNO2/c1-2-19-9-6-4-3-5-8-14-12-16-17(13-15(14)18)21-11-7-10-20-16/h12-13,19H,2-11H2,1H3. The van der Waals surface area contributed by atoms with Crippen LogP contribution in [0.2, 0.25) is 0 Å². The fourth-order valence-electron chi connectivity index (χ4n) is 2.51. The van der Waals surface area contributed by atoms with Gasteiger partial charge < -0.3 is 14.8 Å². The summed E-state index contributed by atoms with van der Waals surface area (Å²) in [5.74, 6) is 1.77. The maximum atomic E-state index is 5.76. The van der Waals surface area contributed by atoms with Crippen LogP contribution in [0.25, 0.3) is 0 Å². The van der Waals surface area contributed by atoms with Crippen LogP contribution in [0.1, 0.15) is 44.6 Å². The second-order valence-corrected chi connectivity index (χ2v) is 6.31. The molecular weight excluding hydrogens is 330 g/mol. The third-order valence-electron chi connectivity index (χ3n) is 3.72. The number of fused-ring (bicyclic) bond motifs is 1. The van der Waals surface area contributed by atoms with E-state index in [1.807, 2.05) is 0 Å². The topological polar surface area (TPSA) is 30.5 Å². The molecule has 0 amide bonds. The summed E-state index contributed by atoms with van der Waals surface area (Å²) in [4.78, 5) is 0. The molecule has 0 spiro atoms. The molecule has 0 unspecified atom stereocenters. The van der Waals surface area contributed by atoms with E-state index in [0.29, 0.717) is 0 Å². The highest BCUT2D eigenvalue weighted by atomic mass is 79.9. The lowest BCUT2D eigenvalue weighted by molar-refractivity contribution is 0.297. The fourth-order valence-corrected chi connectivity index (χ4v) is 3.03. The molecule has 0 aliphatic carbocycles. The van der Waals surface area contributed by atoms with Gasteiger partial charge in [0.05, 0.1) is 13.2 Å². The van der Waals surface area contributed by atoms with Crippen molar-refractivity contribution in [2.24, 2.45) is 0 Å².